The number of ether oxygens (including phenoxy) is 2. The summed E-state index contributed by atoms with van der Waals surface area (Å²) in [5, 5.41) is 5.61. The lowest BCUT2D eigenvalue weighted by Crippen LogP contribution is -2.32. The van der Waals surface area contributed by atoms with E-state index in [-0.39, 0.29) is 5.56 Å². The summed E-state index contributed by atoms with van der Waals surface area (Å²) in [5.74, 6) is -0.0266. The summed E-state index contributed by atoms with van der Waals surface area (Å²) in [6.45, 7) is 6.21. The van der Waals surface area contributed by atoms with Crippen LogP contribution in [0.15, 0.2) is 24.4 Å². The van der Waals surface area contributed by atoms with Crippen LogP contribution in [0.5, 0.6) is 0 Å². The van der Waals surface area contributed by atoms with E-state index in [1.54, 1.807) is 26.8 Å². The van der Waals surface area contributed by atoms with Gasteiger partial charge in [-0.25, -0.2) is 14.6 Å². The van der Waals surface area contributed by atoms with E-state index in [2.05, 4.69) is 20.4 Å². The summed E-state index contributed by atoms with van der Waals surface area (Å²) in [5.41, 5.74) is 5.94. The number of anilines is 2. The van der Waals surface area contributed by atoms with E-state index in [0.717, 1.165) is 0 Å². The Morgan fingerprint density at radius 1 is 1.29 bits per heavy atom. The third kappa shape index (κ3) is 6.99. The molecule has 8 nitrogen and oxygen atoms in total. The monoisotopic (exact) mass is 336 g/mol. The zero-order chi connectivity index (χ0) is 18.2. The number of nitrogens with one attached hydrogen (secondary N) is 2. The summed E-state index contributed by atoms with van der Waals surface area (Å²) in [4.78, 5) is 26.9. The number of rotatable bonds is 6. The van der Waals surface area contributed by atoms with Crippen LogP contribution in [0.4, 0.5) is 16.3 Å². The van der Waals surface area contributed by atoms with Crippen LogP contribution >= 0.6 is 0 Å². The summed E-state index contributed by atoms with van der Waals surface area (Å²) < 4.78 is 9.70. The van der Waals surface area contributed by atoms with Crippen LogP contribution in [0.1, 0.15) is 31.1 Å². The Bertz CT molecular complexity index is 609. The van der Waals surface area contributed by atoms with Gasteiger partial charge in [0.1, 0.15) is 11.4 Å². The molecule has 1 heterocycles. The average molecular weight is 336 g/mol. The Morgan fingerprint density at radius 3 is 2.54 bits per heavy atom. The van der Waals surface area contributed by atoms with Crippen molar-refractivity contribution in [3.63, 3.8) is 0 Å². The van der Waals surface area contributed by atoms with Crippen molar-refractivity contribution in [2.45, 2.75) is 26.4 Å². The number of alkyl carbamates (subject to hydrolysis) is 1. The van der Waals surface area contributed by atoms with Crippen LogP contribution in [0, 0.1) is 0 Å². The van der Waals surface area contributed by atoms with Gasteiger partial charge in [-0.15, -0.1) is 0 Å². The minimum atomic E-state index is -0.519. The maximum Gasteiger partial charge on any atom is 0.407 e. The van der Waals surface area contributed by atoms with E-state index >= 15 is 0 Å². The number of amides is 1. The first-order valence-corrected chi connectivity index (χ1v) is 7.42. The molecule has 8 heteroatoms. The van der Waals surface area contributed by atoms with Gasteiger partial charge in [-0.05, 0) is 26.8 Å². The van der Waals surface area contributed by atoms with Gasteiger partial charge in [0.05, 0.1) is 18.4 Å². The van der Waals surface area contributed by atoms with Gasteiger partial charge in [0.25, 0.3) is 0 Å². The van der Waals surface area contributed by atoms with Crippen molar-refractivity contribution in [1.82, 2.24) is 10.3 Å². The molecule has 0 saturated carbocycles. The van der Waals surface area contributed by atoms with Gasteiger partial charge in [-0.3, -0.25) is 0 Å². The van der Waals surface area contributed by atoms with Crippen molar-refractivity contribution in [1.29, 1.82) is 0 Å². The van der Waals surface area contributed by atoms with E-state index in [4.69, 9.17) is 10.5 Å². The van der Waals surface area contributed by atoms with Crippen molar-refractivity contribution in [3.8, 4) is 0 Å². The molecule has 0 aliphatic heterocycles. The minimum Gasteiger partial charge on any atom is -0.465 e. The molecule has 4 N–H and O–H groups in total. The van der Waals surface area contributed by atoms with Crippen LogP contribution in [0.2, 0.25) is 0 Å². The molecule has 0 spiro atoms. The van der Waals surface area contributed by atoms with Gasteiger partial charge in [-0.2, -0.15) is 0 Å². The molecule has 0 aliphatic carbocycles. The van der Waals surface area contributed by atoms with E-state index in [0.29, 0.717) is 24.6 Å². The Hall–Kier alpha value is -2.77. The fourth-order valence-corrected chi connectivity index (χ4v) is 1.64. The Balaban J connectivity index is 2.37. The standard InChI is InChI=1S/C16H24N4O4/c1-16(2,3)24-15(22)19-8-6-5-7-18-13-12(17)9-11(10-20-13)14(21)23-4/h5-6,9-10H,7-8,17H2,1-4H3,(H,18,20)(H,19,22)/b6-5+. The van der Waals surface area contributed by atoms with Gasteiger partial charge in [-0.1, -0.05) is 12.2 Å². The quantitative estimate of drug-likeness (QED) is 0.537. The molecule has 0 fully saturated rings. The van der Waals surface area contributed by atoms with Crippen LogP contribution < -0.4 is 16.4 Å². The predicted octanol–water partition coefficient (Wildman–Crippen LogP) is 1.94. The van der Waals surface area contributed by atoms with Crippen LogP contribution in [0.25, 0.3) is 0 Å². The Labute approximate surface area is 141 Å². The number of nitrogen functional groups attached to an aromatic ring is 1. The molecule has 0 radical (unpaired) electrons. The Kier molecular flexibility index (Phi) is 7.03. The lowest BCUT2D eigenvalue weighted by atomic mass is 10.2. The number of aromatic nitrogens is 1. The number of hydrogen-bond acceptors (Lipinski definition) is 7. The van der Waals surface area contributed by atoms with Gasteiger partial charge < -0.3 is 25.8 Å². The van der Waals surface area contributed by atoms with Crippen molar-refractivity contribution in [3.05, 3.63) is 30.0 Å². The van der Waals surface area contributed by atoms with E-state index in [9.17, 15) is 9.59 Å². The number of hydrogen-bond donors (Lipinski definition) is 3. The van der Waals surface area contributed by atoms with Crippen LogP contribution in [-0.2, 0) is 9.47 Å². The Morgan fingerprint density at radius 2 is 1.96 bits per heavy atom. The number of nitrogens with zero attached hydrogens (tertiary/aromatic N) is 1. The molecule has 0 unspecified atom stereocenters. The molecule has 132 valence electrons. The highest BCUT2D eigenvalue weighted by molar-refractivity contribution is 5.90. The van der Waals surface area contributed by atoms with Crippen molar-refractivity contribution >= 4 is 23.6 Å². The number of pyridine rings is 1. The number of carbonyl (C=O) groups excluding carboxylic acids is 2. The fourth-order valence-electron chi connectivity index (χ4n) is 1.64. The zero-order valence-electron chi connectivity index (χ0n) is 14.4. The lowest BCUT2D eigenvalue weighted by molar-refractivity contribution is 0.0532. The van der Waals surface area contributed by atoms with Crippen LogP contribution in [-0.4, -0.2) is 42.8 Å². The molecule has 0 aliphatic rings. The number of carbonyl (C=O) groups is 2. The van der Waals surface area contributed by atoms with Crippen molar-refractivity contribution < 1.29 is 19.1 Å². The molecular weight excluding hydrogens is 312 g/mol. The van der Waals surface area contributed by atoms with Gasteiger partial charge in [0, 0.05) is 19.3 Å². The van der Waals surface area contributed by atoms with Crippen molar-refractivity contribution in [2.75, 3.05) is 31.2 Å². The van der Waals surface area contributed by atoms with E-state index in [1.807, 2.05) is 6.08 Å². The summed E-state index contributed by atoms with van der Waals surface area (Å²) in [6.07, 6.45) is 4.51. The smallest absolute Gasteiger partial charge is 0.407 e. The highest BCUT2D eigenvalue weighted by atomic mass is 16.6. The third-order valence-electron chi connectivity index (χ3n) is 2.66. The minimum absolute atomic E-state index is 0.289. The molecule has 0 saturated heterocycles. The topological polar surface area (TPSA) is 116 Å². The second-order valence-corrected chi connectivity index (χ2v) is 5.89. The average Bonchev–Trinajstić information content (AvgIpc) is 2.49. The summed E-state index contributed by atoms with van der Waals surface area (Å²) >= 11 is 0. The predicted molar refractivity (Wildman–Crippen MR) is 91.9 cm³/mol. The SMILES string of the molecule is COC(=O)c1cnc(NC/C=C/CNC(=O)OC(C)(C)C)c(N)c1. The molecule has 0 bridgehead atoms. The molecule has 1 aromatic heterocycles. The first-order chi connectivity index (χ1) is 11.2. The van der Waals surface area contributed by atoms with Gasteiger partial charge >= 0.3 is 12.1 Å². The maximum atomic E-state index is 11.4. The highest BCUT2D eigenvalue weighted by Gasteiger charge is 2.15. The molecule has 0 aromatic carbocycles. The molecule has 24 heavy (non-hydrogen) atoms. The number of nitrogens with two attached hydrogens (primary N) is 1. The lowest BCUT2D eigenvalue weighted by Gasteiger charge is -2.19. The zero-order valence-corrected chi connectivity index (χ0v) is 14.4. The maximum absolute atomic E-state index is 11.4. The van der Waals surface area contributed by atoms with E-state index < -0.39 is 17.7 Å². The first kappa shape index (κ1) is 19.3. The van der Waals surface area contributed by atoms with E-state index in [1.165, 1.54) is 19.4 Å². The van der Waals surface area contributed by atoms with Crippen molar-refractivity contribution in [2.24, 2.45) is 0 Å². The van der Waals surface area contributed by atoms with Crippen LogP contribution in [0.3, 0.4) is 0 Å². The second kappa shape index (κ2) is 8.76. The normalized spacial score (nSPS) is 11.2. The molecule has 0 atom stereocenters. The summed E-state index contributed by atoms with van der Waals surface area (Å²) in [6, 6.07) is 1.49. The molecule has 1 amide bonds. The van der Waals surface area contributed by atoms with Gasteiger partial charge in [0.15, 0.2) is 0 Å². The van der Waals surface area contributed by atoms with Gasteiger partial charge in [0.2, 0.25) is 0 Å². The second-order valence-electron chi connectivity index (χ2n) is 5.89. The molecule has 1 aromatic rings. The third-order valence-corrected chi connectivity index (χ3v) is 2.66. The summed E-state index contributed by atoms with van der Waals surface area (Å²) in [7, 11) is 1.29. The molecular formula is C16H24N4O4. The highest BCUT2D eigenvalue weighted by Crippen LogP contribution is 2.16. The number of methoxy groups -OCH3 is 1. The number of esters is 1. The fraction of sp³-hybridized carbons (Fsp3) is 0.438. The largest absolute Gasteiger partial charge is 0.465 e. The molecule has 1 rings (SSSR count). The first-order valence-electron chi connectivity index (χ1n) is 7.42.